The maximum Gasteiger partial charge on any atom is 0.472 e. The number of aliphatic hydroxyl groups excluding tert-OH is 1. The highest BCUT2D eigenvalue weighted by Gasteiger charge is 2.28. The molecule has 12 heteroatoms. The van der Waals surface area contributed by atoms with Crippen molar-refractivity contribution in [3.05, 3.63) is 48.6 Å². The van der Waals surface area contributed by atoms with Gasteiger partial charge in [0.15, 0.2) is 6.04 Å². The van der Waals surface area contributed by atoms with E-state index in [1.54, 1.807) is 0 Å². The second-order valence-corrected chi connectivity index (χ2v) is 18.1. The third-order valence-corrected chi connectivity index (χ3v) is 11.5. The van der Waals surface area contributed by atoms with Crippen LogP contribution in [0.2, 0.25) is 0 Å². The van der Waals surface area contributed by atoms with Gasteiger partial charge in [-0.25, -0.2) is 9.36 Å². The van der Waals surface area contributed by atoms with Crippen molar-refractivity contribution in [1.29, 1.82) is 0 Å². The zero-order valence-corrected chi connectivity index (χ0v) is 40.1. The number of carbonyl (C=O) groups excluding carboxylic acids is 2. The number of phosphoric ester groups is 1. The second-order valence-electron chi connectivity index (χ2n) is 16.6. The zero-order chi connectivity index (χ0) is 45.6. The topological polar surface area (TPSA) is 169 Å². The van der Waals surface area contributed by atoms with Gasteiger partial charge >= 0.3 is 19.8 Å². The molecule has 0 spiro atoms. The van der Waals surface area contributed by atoms with Crippen LogP contribution in [-0.4, -0.2) is 64.9 Å². The molecule has 0 rings (SSSR count). The quantitative estimate of drug-likeness (QED) is 0.0200. The third-order valence-electron chi connectivity index (χ3n) is 10.6. The van der Waals surface area contributed by atoms with E-state index < -0.39 is 57.6 Å². The number of amides is 1. The molecule has 3 atom stereocenters. The molecule has 0 aromatic rings. The summed E-state index contributed by atoms with van der Waals surface area (Å²) in [6.45, 7) is 2.55. The van der Waals surface area contributed by atoms with Gasteiger partial charge in [0.25, 0.3) is 0 Å². The normalized spacial score (nSPS) is 14.0. The van der Waals surface area contributed by atoms with E-state index in [9.17, 15) is 34.1 Å². The number of allylic oxidation sites excluding steroid dienone is 8. The lowest BCUT2D eigenvalue weighted by molar-refractivity contribution is -0.147. The zero-order valence-electron chi connectivity index (χ0n) is 39.2. The number of carboxylic acids is 1. The molecule has 0 fully saturated rings. The first-order chi connectivity index (χ1) is 30.1. The second kappa shape index (κ2) is 45.0. The molecule has 0 radical (unpaired) electrons. The Morgan fingerprint density at radius 1 is 0.516 bits per heavy atom. The van der Waals surface area contributed by atoms with E-state index in [0.717, 1.165) is 64.2 Å². The van der Waals surface area contributed by atoms with Crippen molar-refractivity contribution in [2.45, 2.75) is 231 Å². The average Bonchev–Trinajstić information content (AvgIpc) is 3.25. The number of unbranched alkanes of at least 4 members (excludes halogenated alkanes) is 24. The number of nitrogens with one attached hydrogen (secondary N) is 1. The van der Waals surface area contributed by atoms with Gasteiger partial charge in [-0.3, -0.25) is 18.6 Å². The van der Waals surface area contributed by atoms with Crippen LogP contribution in [0, 0.1) is 0 Å². The van der Waals surface area contributed by atoms with Crippen LogP contribution >= 0.6 is 7.82 Å². The van der Waals surface area contributed by atoms with Crippen molar-refractivity contribution in [2.75, 3.05) is 19.8 Å². The lowest BCUT2D eigenvalue weighted by Gasteiger charge is -2.18. The number of carbonyl (C=O) groups is 3. The molecule has 4 N–H and O–H groups in total. The fourth-order valence-electron chi connectivity index (χ4n) is 6.73. The Balaban J connectivity index is 3.86. The summed E-state index contributed by atoms with van der Waals surface area (Å²) >= 11 is 0. The molecule has 0 aliphatic carbocycles. The first-order valence-corrected chi connectivity index (χ1v) is 26.2. The van der Waals surface area contributed by atoms with Crippen molar-refractivity contribution in [3.8, 4) is 0 Å². The Morgan fingerprint density at radius 3 is 1.31 bits per heavy atom. The Kier molecular flexibility index (Phi) is 43.2. The van der Waals surface area contributed by atoms with Crippen molar-refractivity contribution in [3.63, 3.8) is 0 Å². The Morgan fingerprint density at radius 2 is 0.887 bits per heavy atom. The van der Waals surface area contributed by atoms with Gasteiger partial charge in [0.05, 0.1) is 13.2 Å². The summed E-state index contributed by atoms with van der Waals surface area (Å²) in [6, 6.07) is -1.55. The van der Waals surface area contributed by atoms with E-state index in [2.05, 4.69) is 67.8 Å². The standard InChI is InChI=1S/C50H90NO10P/c1-3-5-7-9-11-13-15-17-19-21-22-23-24-26-27-29-31-33-35-37-39-41-48(53)51-47(50(55)56)45-61-62(57,58)60-44-46(52)43-59-49(54)42-40-38-36-34-32-30-28-25-20-18-16-14-12-10-8-6-4-2/h11-14,17-20,46-47,52H,3-10,15-16,21-45H2,1-2H3,(H,51,53)(H,55,56)(H,57,58)/b13-11-,14-12-,19-17-,20-18-. The van der Waals surface area contributed by atoms with E-state index in [0.29, 0.717) is 12.8 Å². The molecule has 0 heterocycles. The van der Waals surface area contributed by atoms with Gasteiger partial charge in [-0.05, 0) is 77.0 Å². The molecule has 62 heavy (non-hydrogen) atoms. The van der Waals surface area contributed by atoms with Gasteiger partial charge in [0, 0.05) is 12.8 Å². The fraction of sp³-hybridized carbons (Fsp3) is 0.780. The van der Waals surface area contributed by atoms with Crippen molar-refractivity contribution in [1.82, 2.24) is 5.32 Å². The number of rotatable bonds is 46. The first-order valence-electron chi connectivity index (χ1n) is 24.7. The molecule has 1 amide bonds. The minimum atomic E-state index is -4.76. The Labute approximate surface area is 377 Å². The summed E-state index contributed by atoms with van der Waals surface area (Å²) in [7, 11) is -4.76. The highest BCUT2D eigenvalue weighted by atomic mass is 31.2. The van der Waals surface area contributed by atoms with E-state index in [1.165, 1.54) is 116 Å². The van der Waals surface area contributed by atoms with Crippen LogP contribution in [0.4, 0.5) is 0 Å². The average molecular weight is 896 g/mol. The molecule has 360 valence electrons. The molecular weight excluding hydrogens is 806 g/mol. The number of ether oxygens (including phenoxy) is 1. The fourth-order valence-corrected chi connectivity index (χ4v) is 7.50. The smallest absolute Gasteiger partial charge is 0.472 e. The number of hydrogen-bond donors (Lipinski definition) is 4. The monoisotopic (exact) mass is 896 g/mol. The van der Waals surface area contributed by atoms with E-state index in [1.807, 2.05) is 0 Å². The van der Waals surface area contributed by atoms with Crippen LogP contribution in [-0.2, 0) is 32.7 Å². The summed E-state index contributed by atoms with van der Waals surface area (Å²) in [5.74, 6) is -2.38. The minimum Gasteiger partial charge on any atom is -0.480 e. The summed E-state index contributed by atoms with van der Waals surface area (Å²) < 4.78 is 26.9. The summed E-state index contributed by atoms with van der Waals surface area (Å²) in [4.78, 5) is 46.1. The Hall–Kier alpha value is -2.56. The molecule has 0 aliphatic rings. The number of hydrogen-bond acceptors (Lipinski definition) is 8. The number of phosphoric acid groups is 1. The van der Waals surface area contributed by atoms with Gasteiger partial charge in [0.2, 0.25) is 5.91 Å². The highest BCUT2D eigenvalue weighted by molar-refractivity contribution is 7.47. The summed E-state index contributed by atoms with van der Waals surface area (Å²) in [5, 5.41) is 21.9. The predicted octanol–water partition coefficient (Wildman–Crippen LogP) is 13.3. The van der Waals surface area contributed by atoms with Crippen LogP contribution in [0.25, 0.3) is 0 Å². The van der Waals surface area contributed by atoms with Gasteiger partial charge in [-0.1, -0.05) is 178 Å². The molecule has 11 nitrogen and oxygen atoms in total. The van der Waals surface area contributed by atoms with Crippen molar-refractivity contribution >= 4 is 25.7 Å². The third kappa shape index (κ3) is 44.1. The SMILES string of the molecule is CCCCC/C=C\C/C=C\CCCCCCCCCCCCCC(=O)NC(COP(=O)(O)OCC(O)COC(=O)CCCCCCCCC/C=C\C/C=C\CCCCC)C(=O)O. The summed E-state index contributed by atoms with van der Waals surface area (Å²) in [5.41, 5.74) is 0. The molecule has 0 aromatic carbocycles. The van der Waals surface area contributed by atoms with Crippen LogP contribution in [0.1, 0.15) is 219 Å². The maximum atomic E-state index is 12.4. The highest BCUT2D eigenvalue weighted by Crippen LogP contribution is 2.43. The molecular formula is C50H90NO10P. The number of aliphatic hydroxyl groups is 1. The first kappa shape index (κ1) is 59.4. The van der Waals surface area contributed by atoms with Crippen LogP contribution in [0.5, 0.6) is 0 Å². The number of aliphatic carboxylic acids is 1. The largest absolute Gasteiger partial charge is 0.480 e. The minimum absolute atomic E-state index is 0.142. The lowest BCUT2D eigenvalue weighted by atomic mass is 10.0. The van der Waals surface area contributed by atoms with Gasteiger partial charge < -0.3 is 25.2 Å². The van der Waals surface area contributed by atoms with Crippen LogP contribution in [0.3, 0.4) is 0 Å². The van der Waals surface area contributed by atoms with Gasteiger partial charge in [-0.15, -0.1) is 0 Å². The molecule has 0 aromatic heterocycles. The summed E-state index contributed by atoms with van der Waals surface area (Å²) in [6.07, 6.45) is 51.2. The maximum absolute atomic E-state index is 12.4. The number of esters is 1. The van der Waals surface area contributed by atoms with Crippen molar-refractivity contribution < 1.29 is 47.8 Å². The lowest BCUT2D eigenvalue weighted by Crippen LogP contribution is -2.43. The molecule has 0 saturated heterocycles. The van der Waals surface area contributed by atoms with E-state index in [-0.39, 0.29) is 12.8 Å². The van der Waals surface area contributed by atoms with Gasteiger partial charge in [0.1, 0.15) is 12.7 Å². The van der Waals surface area contributed by atoms with Crippen molar-refractivity contribution in [2.24, 2.45) is 0 Å². The van der Waals surface area contributed by atoms with E-state index >= 15 is 0 Å². The van der Waals surface area contributed by atoms with Crippen LogP contribution in [0.15, 0.2) is 48.6 Å². The Bertz CT molecular complexity index is 1240. The molecule has 0 bridgehead atoms. The molecule has 3 unspecified atom stereocenters. The van der Waals surface area contributed by atoms with Crippen LogP contribution < -0.4 is 5.32 Å². The predicted molar refractivity (Wildman–Crippen MR) is 254 cm³/mol. The molecule has 0 saturated carbocycles. The molecule has 0 aliphatic heterocycles. The number of carboxylic acid groups (broad SMARTS) is 1. The van der Waals surface area contributed by atoms with Gasteiger partial charge in [-0.2, -0.15) is 0 Å². The van der Waals surface area contributed by atoms with E-state index in [4.69, 9.17) is 13.8 Å².